The first-order valence-corrected chi connectivity index (χ1v) is 3.24. The first kappa shape index (κ1) is 6.96. The van der Waals surface area contributed by atoms with E-state index in [0.29, 0.717) is 12.8 Å². The van der Waals surface area contributed by atoms with Crippen LogP contribution in [0, 0.1) is 5.92 Å². The minimum absolute atomic E-state index is 0.0775. The molecule has 3 N–H and O–H groups in total. The second-order valence-electron chi connectivity index (χ2n) is 2.70. The van der Waals surface area contributed by atoms with Crippen LogP contribution in [0.1, 0.15) is 12.8 Å². The number of hydrogen-bond acceptors (Lipinski definition) is 2. The summed E-state index contributed by atoms with van der Waals surface area (Å²) in [5, 5.41) is 8.58. The van der Waals surface area contributed by atoms with Crippen molar-refractivity contribution in [3.63, 3.8) is 0 Å². The molecule has 0 aromatic heterocycles. The molecular weight excluding hydrogens is 121 g/mol. The molecule has 54 valence electrons. The minimum atomic E-state index is -0.887. The number of alkyl halides is 1. The third-order valence-corrected chi connectivity index (χ3v) is 1.89. The fourth-order valence-corrected chi connectivity index (χ4v) is 1.27. The fraction of sp³-hybridized carbons (Fsp3) is 1.00. The van der Waals surface area contributed by atoms with Crippen molar-refractivity contribution in [1.82, 2.24) is 0 Å². The monoisotopic (exact) mass is 133 g/mol. The number of aliphatic hydroxyl groups excluding tert-OH is 1. The van der Waals surface area contributed by atoms with Gasteiger partial charge in [0, 0.05) is 12.6 Å². The molecule has 1 aliphatic carbocycles. The first-order chi connectivity index (χ1) is 4.24. The third-order valence-electron chi connectivity index (χ3n) is 1.89. The number of nitrogens with two attached hydrogens (primary N) is 1. The Morgan fingerprint density at radius 3 is 2.44 bits per heavy atom. The summed E-state index contributed by atoms with van der Waals surface area (Å²) in [5.74, 6) is 0.106. The average Bonchev–Trinajstić information content (AvgIpc) is 2.13. The first-order valence-electron chi connectivity index (χ1n) is 3.24. The van der Waals surface area contributed by atoms with E-state index in [2.05, 4.69) is 0 Å². The molecule has 0 aromatic carbocycles. The highest BCUT2D eigenvalue weighted by molar-refractivity contribution is 4.85. The molecule has 9 heavy (non-hydrogen) atoms. The van der Waals surface area contributed by atoms with E-state index in [-0.39, 0.29) is 18.6 Å². The van der Waals surface area contributed by atoms with Gasteiger partial charge in [0.25, 0.3) is 0 Å². The fourth-order valence-electron chi connectivity index (χ4n) is 1.27. The molecule has 3 heteroatoms. The van der Waals surface area contributed by atoms with E-state index in [4.69, 9.17) is 10.8 Å². The molecule has 1 saturated carbocycles. The Morgan fingerprint density at radius 2 is 2.22 bits per heavy atom. The van der Waals surface area contributed by atoms with Gasteiger partial charge in [0.15, 0.2) is 0 Å². The summed E-state index contributed by atoms with van der Waals surface area (Å²) in [4.78, 5) is 0. The van der Waals surface area contributed by atoms with Crippen LogP contribution in [0.25, 0.3) is 0 Å². The number of aliphatic hydroxyl groups is 1. The maximum Gasteiger partial charge on any atom is 0.115 e. The third kappa shape index (κ3) is 1.40. The lowest BCUT2D eigenvalue weighted by atomic mass is 10.1. The Morgan fingerprint density at radius 1 is 1.56 bits per heavy atom. The van der Waals surface area contributed by atoms with Gasteiger partial charge in [0.1, 0.15) is 6.17 Å². The van der Waals surface area contributed by atoms with Crippen LogP contribution in [-0.4, -0.2) is 23.9 Å². The van der Waals surface area contributed by atoms with Gasteiger partial charge in [0.2, 0.25) is 0 Å². The zero-order chi connectivity index (χ0) is 6.85. The lowest BCUT2D eigenvalue weighted by Gasteiger charge is -2.01. The normalized spacial score (nSPS) is 43.7. The van der Waals surface area contributed by atoms with Crippen LogP contribution >= 0.6 is 0 Å². The Balaban J connectivity index is 2.35. The van der Waals surface area contributed by atoms with E-state index >= 15 is 0 Å². The molecule has 0 bridgehead atoms. The highest BCUT2D eigenvalue weighted by Crippen LogP contribution is 2.26. The van der Waals surface area contributed by atoms with Gasteiger partial charge in [-0.05, 0) is 18.8 Å². The maximum atomic E-state index is 12.5. The predicted molar refractivity (Wildman–Crippen MR) is 32.7 cm³/mol. The van der Waals surface area contributed by atoms with E-state index in [9.17, 15) is 4.39 Å². The summed E-state index contributed by atoms with van der Waals surface area (Å²) in [5.41, 5.74) is 5.36. The van der Waals surface area contributed by atoms with Crippen molar-refractivity contribution in [2.24, 2.45) is 11.7 Å². The van der Waals surface area contributed by atoms with Crippen LogP contribution in [0.2, 0.25) is 0 Å². The van der Waals surface area contributed by atoms with Gasteiger partial charge in [0.05, 0.1) is 0 Å². The summed E-state index contributed by atoms with van der Waals surface area (Å²) < 4.78 is 12.5. The predicted octanol–water partition coefficient (Wildman–Crippen LogP) is 0.0541. The van der Waals surface area contributed by atoms with E-state index in [1.807, 2.05) is 0 Å². The van der Waals surface area contributed by atoms with Crippen molar-refractivity contribution in [2.75, 3.05) is 6.61 Å². The van der Waals surface area contributed by atoms with Crippen LogP contribution in [0.5, 0.6) is 0 Å². The average molecular weight is 133 g/mol. The van der Waals surface area contributed by atoms with Crippen LogP contribution in [-0.2, 0) is 0 Å². The smallest absolute Gasteiger partial charge is 0.115 e. The lowest BCUT2D eigenvalue weighted by molar-refractivity contribution is 0.219. The second kappa shape index (κ2) is 2.62. The highest BCUT2D eigenvalue weighted by Gasteiger charge is 2.30. The van der Waals surface area contributed by atoms with Crippen molar-refractivity contribution >= 4 is 0 Å². The van der Waals surface area contributed by atoms with E-state index in [1.54, 1.807) is 0 Å². The molecule has 2 nitrogen and oxygen atoms in total. The van der Waals surface area contributed by atoms with Gasteiger partial charge in [-0.25, -0.2) is 4.39 Å². The molecule has 0 radical (unpaired) electrons. The molecule has 0 aromatic rings. The van der Waals surface area contributed by atoms with Gasteiger partial charge < -0.3 is 10.8 Å². The molecule has 0 aliphatic heterocycles. The van der Waals surface area contributed by atoms with Crippen molar-refractivity contribution in [2.45, 2.75) is 25.1 Å². The van der Waals surface area contributed by atoms with Crippen LogP contribution < -0.4 is 5.73 Å². The Bertz CT molecular complexity index is 89.1. The van der Waals surface area contributed by atoms with E-state index in [1.165, 1.54) is 0 Å². The van der Waals surface area contributed by atoms with Crippen LogP contribution in [0.4, 0.5) is 4.39 Å². The topological polar surface area (TPSA) is 46.2 Å². The largest absolute Gasteiger partial charge is 0.396 e. The second-order valence-corrected chi connectivity index (χ2v) is 2.70. The zero-order valence-electron chi connectivity index (χ0n) is 5.26. The molecule has 1 aliphatic rings. The molecule has 0 spiro atoms. The molecule has 1 rings (SSSR count). The van der Waals surface area contributed by atoms with Crippen molar-refractivity contribution in [1.29, 1.82) is 0 Å². The molecule has 0 unspecified atom stereocenters. The van der Waals surface area contributed by atoms with E-state index in [0.717, 1.165) is 0 Å². The van der Waals surface area contributed by atoms with Gasteiger partial charge in [-0.15, -0.1) is 0 Å². The lowest BCUT2D eigenvalue weighted by Crippen LogP contribution is -2.25. The minimum Gasteiger partial charge on any atom is -0.396 e. The summed E-state index contributed by atoms with van der Waals surface area (Å²) in [6.07, 6.45) is 0.192. The van der Waals surface area contributed by atoms with Crippen molar-refractivity contribution in [3.05, 3.63) is 0 Å². The van der Waals surface area contributed by atoms with Gasteiger partial charge in [-0.3, -0.25) is 0 Å². The molecule has 1 fully saturated rings. The zero-order valence-corrected chi connectivity index (χ0v) is 5.26. The van der Waals surface area contributed by atoms with Crippen LogP contribution in [0.15, 0.2) is 0 Å². The Labute approximate surface area is 53.9 Å². The summed E-state index contributed by atoms with van der Waals surface area (Å²) in [6, 6.07) is -0.331. The van der Waals surface area contributed by atoms with Gasteiger partial charge in [-0.1, -0.05) is 0 Å². The van der Waals surface area contributed by atoms with Crippen molar-refractivity contribution < 1.29 is 9.50 Å². The maximum absolute atomic E-state index is 12.5. The quantitative estimate of drug-likeness (QED) is 0.531. The number of hydrogen-bond donors (Lipinski definition) is 2. The van der Waals surface area contributed by atoms with Crippen molar-refractivity contribution in [3.8, 4) is 0 Å². The Hall–Kier alpha value is -0.150. The molecule has 0 saturated heterocycles. The SMILES string of the molecule is N[C@@H]1C[C@H](CO)C[C@H]1F. The van der Waals surface area contributed by atoms with Gasteiger partial charge >= 0.3 is 0 Å². The summed E-state index contributed by atoms with van der Waals surface area (Å²) in [7, 11) is 0. The molecule has 0 amide bonds. The number of halogens is 1. The van der Waals surface area contributed by atoms with Gasteiger partial charge in [-0.2, -0.15) is 0 Å². The van der Waals surface area contributed by atoms with Crippen LogP contribution in [0.3, 0.4) is 0 Å². The van der Waals surface area contributed by atoms with E-state index < -0.39 is 6.17 Å². The molecular formula is C6H12FNO. The highest BCUT2D eigenvalue weighted by atomic mass is 19.1. The summed E-state index contributed by atoms with van der Waals surface area (Å²) in [6.45, 7) is 0.0775. The molecule has 0 heterocycles. The Kier molecular flexibility index (Phi) is 2.03. The summed E-state index contributed by atoms with van der Waals surface area (Å²) >= 11 is 0. The molecule has 3 atom stereocenters. The standard InChI is InChI=1S/C6H12FNO/c7-5-1-4(3-9)2-6(5)8/h4-6,9H,1-3,8H2/t4-,5-,6-/m1/s1. The number of rotatable bonds is 1.